The highest BCUT2D eigenvalue weighted by atomic mass is 19.1. The molecule has 1 saturated carbocycles. The molecule has 0 unspecified atom stereocenters. The summed E-state index contributed by atoms with van der Waals surface area (Å²) in [5, 5.41) is 0. The Morgan fingerprint density at radius 2 is 0.654 bits per heavy atom. The highest BCUT2D eigenvalue weighted by molar-refractivity contribution is 6.07. The van der Waals surface area contributed by atoms with E-state index >= 15 is 0 Å². The van der Waals surface area contributed by atoms with E-state index in [-0.39, 0.29) is 11.1 Å². The summed E-state index contributed by atoms with van der Waals surface area (Å²) >= 11 is 0. The average Bonchev–Trinajstić information content (AvgIpc) is 3.66. The Bertz CT molecular complexity index is 2250. The van der Waals surface area contributed by atoms with Gasteiger partial charge in [0.1, 0.15) is 23.3 Å². The summed E-state index contributed by atoms with van der Waals surface area (Å²) in [4.78, 5) is 28.1. The monoisotopic (exact) mass is 692 g/mol. The molecule has 8 heteroatoms. The van der Waals surface area contributed by atoms with Crippen molar-refractivity contribution in [3.63, 3.8) is 0 Å². The summed E-state index contributed by atoms with van der Waals surface area (Å²) in [5.41, 5.74) is 1.07. The number of ether oxygens (including phenoxy) is 2. The number of esters is 2. The first-order valence-corrected chi connectivity index (χ1v) is 16.4. The maximum Gasteiger partial charge on any atom is 0.339 e. The van der Waals surface area contributed by atoms with Crippen LogP contribution in [0.25, 0.3) is 11.1 Å². The fraction of sp³-hybridized carbons (Fsp3) is 0.0455. The SMILES string of the molecule is O=C1O[C@@]2(C(=C(c3ccc(F)cc3)c3ccc(F)cc3)C(=C(c3ccc(F)cc3)c3ccc(F)cc3)[C@@]23OC(=O)c2ccccc23)c2ccccc21. The van der Waals surface area contributed by atoms with Crippen molar-refractivity contribution in [3.8, 4) is 0 Å². The topological polar surface area (TPSA) is 52.6 Å². The highest BCUT2D eigenvalue weighted by Gasteiger charge is 2.79. The number of rotatable bonds is 4. The number of hydrogen-bond donors (Lipinski definition) is 0. The predicted molar refractivity (Wildman–Crippen MR) is 185 cm³/mol. The smallest absolute Gasteiger partial charge is 0.339 e. The first kappa shape index (κ1) is 31.4. The van der Waals surface area contributed by atoms with Crippen LogP contribution in [0.2, 0.25) is 0 Å². The van der Waals surface area contributed by atoms with Crippen molar-refractivity contribution in [2.45, 2.75) is 11.2 Å². The van der Waals surface area contributed by atoms with Crippen LogP contribution in [0.5, 0.6) is 0 Å². The lowest BCUT2D eigenvalue weighted by molar-refractivity contribution is -0.144. The van der Waals surface area contributed by atoms with Crippen molar-refractivity contribution in [2.75, 3.05) is 0 Å². The van der Waals surface area contributed by atoms with E-state index < -0.39 is 46.4 Å². The molecule has 0 saturated heterocycles. The van der Waals surface area contributed by atoms with Gasteiger partial charge in [-0.2, -0.15) is 0 Å². The van der Waals surface area contributed by atoms with E-state index in [1.165, 1.54) is 48.5 Å². The lowest BCUT2D eigenvalue weighted by Gasteiger charge is -2.58. The van der Waals surface area contributed by atoms with Gasteiger partial charge < -0.3 is 9.47 Å². The van der Waals surface area contributed by atoms with Gasteiger partial charge in [0.15, 0.2) is 0 Å². The van der Waals surface area contributed by atoms with Gasteiger partial charge in [0.2, 0.25) is 11.2 Å². The van der Waals surface area contributed by atoms with Gasteiger partial charge in [-0.1, -0.05) is 84.9 Å². The molecule has 1 fully saturated rings. The quantitative estimate of drug-likeness (QED) is 0.136. The van der Waals surface area contributed by atoms with E-state index in [1.807, 2.05) is 0 Å². The van der Waals surface area contributed by atoms with Gasteiger partial charge >= 0.3 is 11.9 Å². The van der Waals surface area contributed by atoms with Crippen LogP contribution in [0, 0.1) is 23.3 Å². The Kier molecular flexibility index (Phi) is 6.95. The molecule has 1 aliphatic carbocycles. The summed E-state index contributed by atoms with van der Waals surface area (Å²) in [5.74, 6) is -3.35. The molecular formula is C44H24F4O4. The second-order valence-corrected chi connectivity index (χ2v) is 12.8. The summed E-state index contributed by atoms with van der Waals surface area (Å²) in [6.07, 6.45) is 0. The molecule has 4 nitrogen and oxygen atoms in total. The Labute approximate surface area is 294 Å². The van der Waals surface area contributed by atoms with Crippen molar-refractivity contribution in [2.24, 2.45) is 0 Å². The minimum absolute atomic E-state index is 0.238. The van der Waals surface area contributed by atoms with Crippen LogP contribution in [0.4, 0.5) is 17.6 Å². The third kappa shape index (κ3) is 4.33. The standard InChI is InChI=1S/C44H24F4O4/c45-29-17-9-25(10-18-29)37(26-11-19-30(46)20-12-26)39-40(38(27-13-21-31(47)22-14-27)28-15-23-32(48)24-16-28)44(36-8-4-2-6-34(36)42(50)52-44)43(39)35-7-3-1-5-33(35)41(49)51-43/h1-24H/t43-,44-/m1/s1. The van der Waals surface area contributed by atoms with E-state index in [0.29, 0.717) is 55.7 Å². The molecule has 6 aromatic rings. The Morgan fingerprint density at radius 1 is 0.385 bits per heavy atom. The van der Waals surface area contributed by atoms with Gasteiger partial charge in [0.25, 0.3) is 0 Å². The Balaban J connectivity index is 1.55. The number of halogens is 4. The number of fused-ring (bicyclic) bond motifs is 5. The zero-order valence-corrected chi connectivity index (χ0v) is 27.0. The second kappa shape index (κ2) is 11.5. The number of carbonyl (C=O) groups excluding carboxylic acids is 2. The fourth-order valence-corrected chi connectivity index (χ4v) is 7.95. The molecule has 2 atom stereocenters. The molecule has 0 aromatic heterocycles. The zero-order valence-electron chi connectivity index (χ0n) is 27.0. The van der Waals surface area contributed by atoms with Crippen molar-refractivity contribution < 1.29 is 36.6 Å². The van der Waals surface area contributed by atoms with Crippen LogP contribution in [0.1, 0.15) is 54.1 Å². The van der Waals surface area contributed by atoms with E-state index in [9.17, 15) is 27.2 Å². The lowest BCUT2D eigenvalue weighted by Crippen LogP contribution is -2.63. The highest BCUT2D eigenvalue weighted by Crippen LogP contribution is 2.74. The molecule has 2 aliphatic heterocycles. The van der Waals surface area contributed by atoms with Gasteiger partial charge in [0.05, 0.1) is 11.1 Å². The molecule has 0 N–H and O–H groups in total. The summed E-state index contributed by atoms with van der Waals surface area (Å²) in [7, 11) is 0. The third-order valence-electron chi connectivity index (χ3n) is 10.0. The molecule has 252 valence electrons. The zero-order chi connectivity index (χ0) is 35.8. The molecular weight excluding hydrogens is 668 g/mol. The molecule has 0 radical (unpaired) electrons. The first-order valence-electron chi connectivity index (χ1n) is 16.4. The van der Waals surface area contributed by atoms with Gasteiger partial charge in [-0.25, -0.2) is 27.2 Å². The van der Waals surface area contributed by atoms with Crippen LogP contribution in [0.3, 0.4) is 0 Å². The predicted octanol–water partition coefficient (Wildman–Crippen LogP) is 9.69. The maximum atomic E-state index is 14.5. The molecule has 6 aromatic carbocycles. The van der Waals surface area contributed by atoms with E-state index in [2.05, 4.69) is 0 Å². The number of carbonyl (C=O) groups is 2. The Morgan fingerprint density at radius 3 is 0.942 bits per heavy atom. The van der Waals surface area contributed by atoms with Crippen molar-refractivity contribution >= 4 is 23.1 Å². The van der Waals surface area contributed by atoms with Gasteiger partial charge in [-0.3, -0.25) is 0 Å². The fourth-order valence-electron chi connectivity index (χ4n) is 7.95. The summed E-state index contributed by atoms with van der Waals surface area (Å²) in [6.45, 7) is 0. The second-order valence-electron chi connectivity index (χ2n) is 12.8. The van der Waals surface area contributed by atoms with Crippen molar-refractivity contribution in [3.05, 3.63) is 225 Å². The van der Waals surface area contributed by atoms with Crippen molar-refractivity contribution in [1.82, 2.24) is 0 Å². The number of benzene rings is 6. The number of hydrogen-bond acceptors (Lipinski definition) is 4. The molecule has 0 amide bonds. The van der Waals surface area contributed by atoms with Gasteiger partial charge in [-0.15, -0.1) is 0 Å². The molecule has 52 heavy (non-hydrogen) atoms. The summed E-state index contributed by atoms with van der Waals surface area (Å²) in [6, 6.07) is 36.3. The van der Waals surface area contributed by atoms with Gasteiger partial charge in [-0.05, 0) is 94.1 Å². The lowest BCUT2D eigenvalue weighted by atomic mass is 9.49. The van der Waals surface area contributed by atoms with Crippen LogP contribution < -0.4 is 0 Å². The van der Waals surface area contributed by atoms with E-state index in [4.69, 9.17) is 9.47 Å². The van der Waals surface area contributed by atoms with Crippen LogP contribution in [-0.2, 0) is 20.7 Å². The first-order chi connectivity index (χ1) is 25.2. The van der Waals surface area contributed by atoms with Gasteiger partial charge in [0, 0.05) is 22.3 Å². The van der Waals surface area contributed by atoms with E-state index in [1.54, 1.807) is 97.1 Å². The minimum atomic E-state index is -1.85. The largest absolute Gasteiger partial charge is 0.440 e. The summed E-state index contributed by atoms with van der Waals surface area (Å²) < 4.78 is 71.4. The molecule has 0 bridgehead atoms. The molecule has 2 heterocycles. The maximum absolute atomic E-state index is 14.5. The minimum Gasteiger partial charge on any atom is -0.440 e. The molecule has 2 spiro atoms. The van der Waals surface area contributed by atoms with E-state index in [0.717, 1.165) is 0 Å². The molecule has 3 aliphatic rings. The Hall–Kier alpha value is -6.54. The third-order valence-corrected chi connectivity index (χ3v) is 10.0. The van der Waals surface area contributed by atoms with Crippen LogP contribution in [-0.4, -0.2) is 11.9 Å². The van der Waals surface area contributed by atoms with Crippen LogP contribution >= 0.6 is 0 Å². The van der Waals surface area contributed by atoms with Crippen molar-refractivity contribution in [1.29, 1.82) is 0 Å². The normalized spacial score (nSPS) is 19.6. The average molecular weight is 693 g/mol. The van der Waals surface area contributed by atoms with Crippen LogP contribution in [0.15, 0.2) is 157 Å². The molecule has 9 rings (SSSR count).